The lowest BCUT2D eigenvalue weighted by Crippen LogP contribution is -2.07. The number of nitrogens with zero attached hydrogens (tertiary/aromatic N) is 3. The largest absolute Gasteiger partial charge is 0.374 e. The number of hydrogen-bond acceptors (Lipinski definition) is 6. The lowest BCUT2D eigenvalue weighted by molar-refractivity contribution is 0.128. The van der Waals surface area contributed by atoms with Gasteiger partial charge in [-0.05, 0) is 6.92 Å². The van der Waals surface area contributed by atoms with Crippen molar-refractivity contribution >= 4 is 11.9 Å². The van der Waals surface area contributed by atoms with Crippen LogP contribution in [0.15, 0.2) is 0 Å². The molecule has 0 fully saturated rings. The molecule has 0 aliphatic carbocycles. The fraction of sp³-hybridized carbons (Fsp3) is 0.500. The Balaban J connectivity index is 2.72. The van der Waals surface area contributed by atoms with Gasteiger partial charge in [-0.2, -0.15) is 15.0 Å². The molecular weight excluding hydrogens is 158 g/mol. The average molecular weight is 169 g/mol. The lowest BCUT2D eigenvalue weighted by atomic mass is 10.6. The summed E-state index contributed by atoms with van der Waals surface area (Å²) in [5.41, 5.74) is 10.7. The van der Waals surface area contributed by atoms with E-state index in [1.165, 1.54) is 0 Å². The third-order valence-electron chi connectivity index (χ3n) is 1.15. The van der Waals surface area contributed by atoms with Gasteiger partial charge in [0.2, 0.25) is 11.9 Å². The summed E-state index contributed by atoms with van der Waals surface area (Å²) in [5, 5.41) is 0. The maximum Gasteiger partial charge on any atom is 0.225 e. The van der Waals surface area contributed by atoms with Crippen molar-refractivity contribution in [3.63, 3.8) is 0 Å². The molecule has 0 aliphatic rings. The van der Waals surface area contributed by atoms with Crippen molar-refractivity contribution in [2.45, 2.75) is 13.5 Å². The Bertz CT molecular complexity index is 244. The Morgan fingerprint density at radius 3 is 2.25 bits per heavy atom. The molecule has 1 aromatic rings. The summed E-state index contributed by atoms with van der Waals surface area (Å²) in [6, 6.07) is 0. The van der Waals surface area contributed by atoms with Crippen molar-refractivity contribution in [3.8, 4) is 0 Å². The van der Waals surface area contributed by atoms with Gasteiger partial charge in [-0.3, -0.25) is 0 Å². The standard InChI is InChI=1S/C6H11N5O/c1-2-12-3-4-9-5(7)11-6(8)10-4/h2-3H2,1H3,(H4,7,8,9,10,11). The van der Waals surface area contributed by atoms with Gasteiger partial charge in [0.05, 0.1) is 0 Å². The molecule has 0 saturated carbocycles. The van der Waals surface area contributed by atoms with Crippen LogP contribution in [0.4, 0.5) is 11.9 Å². The summed E-state index contributed by atoms with van der Waals surface area (Å²) in [6.07, 6.45) is 0. The highest BCUT2D eigenvalue weighted by atomic mass is 16.5. The Hall–Kier alpha value is -1.43. The molecule has 66 valence electrons. The quantitative estimate of drug-likeness (QED) is 0.637. The van der Waals surface area contributed by atoms with Crippen LogP contribution in [-0.4, -0.2) is 21.6 Å². The second-order valence-electron chi connectivity index (χ2n) is 2.11. The zero-order chi connectivity index (χ0) is 8.97. The minimum Gasteiger partial charge on any atom is -0.374 e. The van der Waals surface area contributed by atoms with Gasteiger partial charge in [0.1, 0.15) is 6.61 Å². The van der Waals surface area contributed by atoms with Gasteiger partial charge < -0.3 is 16.2 Å². The molecule has 12 heavy (non-hydrogen) atoms. The molecule has 6 nitrogen and oxygen atoms in total. The number of nitrogens with two attached hydrogens (primary N) is 2. The first-order valence-corrected chi connectivity index (χ1v) is 3.56. The van der Waals surface area contributed by atoms with Crippen molar-refractivity contribution in [1.82, 2.24) is 15.0 Å². The highest BCUT2D eigenvalue weighted by molar-refractivity contribution is 5.25. The van der Waals surface area contributed by atoms with Crippen molar-refractivity contribution in [1.29, 1.82) is 0 Å². The van der Waals surface area contributed by atoms with Gasteiger partial charge in [-0.15, -0.1) is 0 Å². The number of aromatic nitrogens is 3. The molecule has 0 radical (unpaired) electrons. The Morgan fingerprint density at radius 2 is 1.75 bits per heavy atom. The van der Waals surface area contributed by atoms with Gasteiger partial charge in [0.15, 0.2) is 5.82 Å². The van der Waals surface area contributed by atoms with E-state index in [2.05, 4.69) is 15.0 Å². The maximum atomic E-state index is 5.33. The van der Waals surface area contributed by atoms with E-state index in [9.17, 15) is 0 Å². The number of nitrogen functional groups attached to an aromatic ring is 2. The third kappa shape index (κ3) is 2.31. The molecule has 0 bridgehead atoms. The third-order valence-corrected chi connectivity index (χ3v) is 1.15. The van der Waals surface area contributed by atoms with Crippen LogP contribution >= 0.6 is 0 Å². The first-order chi connectivity index (χ1) is 5.72. The van der Waals surface area contributed by atoms with Crippen LogP contribution in [0.25, 0.3) is 0 Å². The minimum atomic E-state index is 0.122. The average Bonchev–Trinajstić information content (AvgIpc) is 1.99. The summed E-state index contributed by atoms with van der Waals surface area (Å²) in [7, 11) is 0. The molecule has 0 atom stereocenters. The second kappa shape index (κ2) is 3.82. The molecule has 1 heterocycles. The van der Waals surface area contributed by atoms with E-state index in [1.807, 2.05) is 6.92 Å². The summed E-state index contributed by atoms with van der Waals surface area (Å²) >= 11 is 0. The first kappa shape index (κ1) is 8.66. The van der Waals surface area contributed by atoms with Crippen LogP contribution in [0, 0.1) is 0 Å². The van der Waals surface area contributed by atoms with Crippen molar-refractivity contribution in [3.05, 3.63) is 5.82 Å². The maximum absolute atomic E-state index is 5.33. The van der Waals surface area contributed by atoms with Gasteiger partial charge >= 0.3 is 0 Å². The smallest absolute Gasteiger partial charge is 0.225 e. The van der Waals surface area contributed by atoms with Crippen molar-refractivity contribution in [2.24, 2.45) is 0 Å². The summed E-state index contributed by atoms with van der Waals surface area (Å²) in [6.45, 7) is 2.80. The molecule has 0 aliphatic heterocycles. The fourth-order valence-corrected chi connectivity index (χ4v) is 0.715. The number of ether oxygens (including phenoxy) is 1. The number of anilines is 2. The Kier molecular flexibility index (Phi) is 2.76. The molecule has 0 amide bonds. The van der Waals surface area contributed by atoms with Crippen LogP contribution in [0.3, 0.4) is 0 Å². The van der Waals surface area contributed by atoms with Crippen LogP contribution < -0.4 is 11.5 Å². The zero-order valence-corrected chi connectivity index (χ0v) is 6.82. The summed E-state index contributed by atoms with van der Waals surface area (Å²) in [4.78, 5) is 11.3. The summed E-state index contributed by atoms with van der Waals surface area (Å²) in [5.74, 6) is 0.705. The van der Waals surface area contributed by atoms with Crippen LogP contribution in [0.5, 0.6) is 0 Å². The number of rotatable bonds is 3. The highest BCUT2D eigenvalue weighted by Gasteiger charge is 2.00. The first-order valence-electron chi connectivity index (χ1n) is 3.56. The van der Waals surface area contributed by atoms with E-state index in [-0.39, 0.29) is 11.9 Å². The Labute approximate surface area is 70.0 Å². The minimum absolute atomic E-state index is 0.122. The van der Waals surface area contributed by atoms with Crippen LogP contribution in [0.2, 0.25) is 0 Å². The van der Waals surface area contributed by atoms with Gasteiger partial charge in [-0.25, -0.2) is 0 Å². The van der Waals surface area contributed by atoms with E-state index in [0.717, 1.165) is 0 Å². The zero-order valence-electron chi connectivity index (χ0n) is 6.82. The predicted octanol–water partition coefficient (Wildman–Crippen LogP) is -0.427. The molecule has 0 aromatic carbocycles. The molecule has 1 aromatic heterocycles. The molecule has 0 spiro atoms. The van der Waals surface area contributed by atoms with Crippen LogP contribution in [0.1, 0.15) is 12.7 Å². The van der Waals surface area contributed by atoms with Crippen LogP contribution in [-0.2, 0) is 11.3 Å². The van der Waals surface area contributed by atoms with Gasteiger partial charge in [0.25, 0.3) is 0 Å². The van der Waals surface area contributed by atoms with E-state index < -0.39 is 0 Å². The fourth-order valence-electron chi connectivity index (χ4n) is 0.715. The molecule has 0 unspecified atom stereocenters. The van der Waals surface area contributed by atoms with Gasteiger partial charge in [0, 0.05) is 6.61 Å². The predicted molar refractivity (Wildman–Crippen MR) is 44.0 cm³/mol. The van der Waals surface area contributed by atoms with E-state index >= 15 is 0 Å². The SMILES string of the molecule is CCOCc1nc(N)nc(N)n1. The van der Waals surface area contributed by atoms with Crippen molar-refractivity contribution in [2.75, 3.05) is 18.1 Å². The molecule has 0 saturated heterocycles. The second-order valence-corrected chi connectivity index (χ2v) is 2.11. The lowest BCUT2D eigenvalue weighted by Gasteiger charge is -2.00. The molecule has 4 N–H and O–H groups in total. The Morgan fingerprint density at radius 1 is 1.17 bits per heavy atom. The van der Waals surface area contributed by atoms with Crippen molar-refractivity contribution < 1.29 is 4.74 Å². The normalized spacial score (nSPS) is 10.1. The van der Waals surface area contributed by atoms with E-state index in [4.69, 9.17) is 16.2 Å². The molecule has 1 rings (SSSR count). The summed E-state index contributed by atoms with van der Waals surface area (Å²) < 4.78 is 5.07. The van der Waals surface area contributed by atoms with E-state index in [0.29, 0.717) is 19.0 Å². The topological polar surface area (TPSA) is 99.9 Å². The molecule has 6 heteroatoms. The monoisotopic (exact) mass is 169 g/mol. The highest BCUT2D eigenvalue weighted by Crippen LogP contribution is 1.99. The van der Waals surface area contributed by atoms with Gasteiger partial charge in [-0.1, -0.05) is 0 Å². The number of hydrogen-bond donors (Lipinski definition) is 2. The molecular formula is C6H11N5O. The van der Waals surface area contributed by atoms with E-state index in [1.54, 1.807) is 0 Å².